The van der Waals surface area contributed by atoms with E-state index in [1.807, 2.05) is 0 Å². The second-order valence-electron chi connectivity index (χ2n) is 4.17. The maximum atomic E-state index is 11.9. The SMILES string of the molecule is NCC1CC(=O)N(c2c(Br)cccc2[N+](=O)[O-])C1. The lowest BCUT2D eigenvalue weighted by atomic mass is 10.1. The third-order valence-electron chi connectivity index (χ3n) is 2.97. The number of halogens is 1. The van der Waals surface area contributed by atoms with Gasteiger partial charge in [-0.3, -0.25) is 14.9 Å². The summed E-state index contributed by atoms with van der Waals surface area (Å²) in [7, 11) is 0. The van der Waals surface area contributed by atoms with Crippen molar-refractivity contribution < 1.29 is 9.72 Å². The van der Waals surface area contributed by atoms with Crippen molar-refractivity contribution in [1.29, 1.82) is 0 Å². The zero-order valence-electron chi connectivity index (χ0n) is 9.51. The molecule has 0 aromatic heterocycles. The molecule has 18 heavy (non-hydrogen) atoms. The number of hydrogen-bond donors (Lipinski definition) is 1. The molecule has 96 valence electrons. The maximum absolute atomic E-state index is 11.9. The van der Waals surface area contributed by atoms with Gasteiger partial charge in [0.25, 0.3) is 5.69 Å². The summed E-state index contributed by atoms with van der Waals surface area (Å²) in [5.74, 6) is -0.0651. The van der Waals surface area contributed by atoms with Gasteiger partial charge < -0.3 is 10.6 Å². The number of hydrogen-bond acceptors (Lipinski definition) is 4. The van der Waals surface area contributed by atoms with Gasteiger partial charge in [-0.05, 0) is 34.5 Å². The highest BCUT2D eigenvalue weighted by Crippen LogP contribution is 2.38. The van der Waals surface area contributed by atoms with Gasteiger partial charge in [0, 0.05) is 23.5 Å². The molecule has 7 heteroatoms. The summed E-state index contributed by atoms with van der Waals surface area (Å²) in [6.07, 6.45) is 0.342. The van der Waals surface area contributed by atoms with Crippen LogP contribution in [0.25, 0.3) is 0 Å². The minimum absolute atomic E-state index is 0.0595. The van der Waals surface area contributed by atoms with E-state index in [0.29, 0.717) is 29.7 Å². The lowest BCUT2D eigenvalue weighted by Crippen LogP contribution is -2.26. The Bertz CT molecular complexity index is 506. The lowest BCUT2D eigenvalue weighted by molar-refractivity contribution is -0.384. The summed E-state index contributed by atoms with van der Waals surface area (Å²) in [6.45, 7) is 0.833. The summed E-state index contributed by atoms with van der Waals surface area (Å²) >= 11 is 3.27. The van der Waals surface area contributed by atoms with E-state index < -0.39 is 4.92 Å². The molecule has 1 unspecified atom stereocenters. The van der Waals surface area contributed by atoms with Gasteiger partial charge >= 0.3 is 0 Å². The minimum Gasteiger partial charge on any atom is -0.330 e. The Morgan fingerprint density at radius 2 is 2.28 bits per heavy atom. The first-order valence-corrected chi connectivity index (χ1v) is 6.27. The highest BCUT2D eigenvalue weighted by atomic mass is 79.9. The molecule has 1 aromatic rings. The highest BCUT2D eigenvalue weighted by molar-refractivity contribution is 9.10. The van der Waals surface area contributed by atoms with E-state index in [4.69, 9.17) is 5.73 Å². The van der Waals surface area contributed by atoms with Crippen molar-refractivity contribution in [2.24, 2.45) is 11.7 Å². The summed E-state index contributed by atoms with van der Waals surface area (Å²) in [5.41, 5.74) is 5.80. The Morgan fingerprint density at radius 1 is 1.56 bits per heavy atom. The molecule has 0 bridgehead atoms. The highest BCUT2D eigenvalue weighted by Gasteiger charge is 2.34. The molecular weight excluding hydrogens is 302 g/mol. The Labute approximate surface area is 112 Å². The lowest BCUT2D eigenvalue weighted by Gasteiger charge is -2.17. The average molecular weight is 314 g/mol. The summed E-state index contributed by atoms with van der Waals surface area (Å²) in [6, 6.07) is 4.65. The van der Waals surface area contributed by atoms with Gasteiger partial charge in [-0.1, -0.05) is 6.07 Å². The zero-order valence-corrected chi connectivity index (χ0v) is 11.1. The molecule has 1 fully saturated rings. The Morgan fingerprint density at radius 3 is 2.83 bits per heavy atom. The number of nitrogens with two attached hydrogens (primary N) is 1. The van der Waals surface area contributed by atoms with Crippen LogP contribution in [0.15, 0.2) is 22.7 Å². The van der Waals surface area contributed by atoms with Crippen LogP contribution < -0.4 is 10.6 Å². The van der Waals surface area contributed by atoms with Crippen LogP contribution in [0.1, 0.15) is 6.42 Å². The monoisotopic (exact) mass is 313 g/mol. The fraction of sp³-hybridized carbons (Fsp3) is 0.364. The van der Waals surface area contributed by atoms with Crippen LogP contribution in [0.5, 0.6) is 0 Å². The number of nitro benzene ring substituents is 1. The predicted molar refractivity (Wildman–Crippen MR) is 70.3 cm³/mol. The molecule has 1 amide bonds. The molecule has 1 saturated heterocycles. The van der Waals surface area contributed by atoms with Crippen molar-refractivity contribution in [1.82, 2.24) is 0 Å². The maximum Gasteiger partial charge on any atom is 0.294 e. The van der Waals surface area contributed by atoms with Gasteiger partial charge in [0.2, 0.25) is 5.91 Å². The largest absolute Gasteiger partial charge is 0.330 e. The van der Waals surface area contributed by atoms with Gasteiger partial charge in [0.15, 0.2) is 0 Å². The number of benzene rings is 1. The van der Waals surface area contributed by atoms with E-state index in [9.17, 15) is 14.9 Å². The average Bonchev–Trinajstić information content (AvgIpc) is 2.70. The fourth-order valence-corrected chi connectivity index (χ4v) is 2.64. The van der Waals surface area contributed by atoms with Gasteiger partial charge in [-0.25, -0.2) is 0 Å². The van der Waals surface area contributed by atoms with E-state index in [0.717, 1.165) is 0 Å². The van der Waals surface area contributed by atoms with E-state index in [1.54, 1.807) is 12.1 Å². The molecule has 1 heterocycles. The minimum atomic E-state index is -0.483. The number of nitrogens with zero attached hydrogens (tertiary/aromatic N) is 2. The van der Waals surface area contributed by atoms with Crippen molar-refractivity contribution in [3.63, 3.8) is 0 Å². The summed E-state index contributed by atoms with van der Waals surface area (Å²) < 4.78 is 0.544. The molecule has 0 spiro atoms. The number of para-hydroxylation sites is 1. The molecule has 1 aliphatic rings. The van der Waals surface area contributed by atoms with Crippen LogP contribution in [0, 0.1) is 16.0 Å². The van der Waals surface area contributed by atoms with Crippen molar-refractivity contribution in [2.75, 3.05) is 18.0 Å². The van der Waals surface area contributed by atoms with Gasteiger partial charge in [0.05, 0.1) is 4.92 Å². The molecule has 1 atom stereocenters. The second-order valence-corrected chi connectivity index (χ2v) is 5.03. The quantitative estimate of drug-likeness (QED) is 0.679. The van der Waals surface area contributed by atoms with E-state index in [-0.39, 0.29) is 17.5 Å². The van der Waals surface area contributed by atoms with E-state index in [1.165, 1.54) is 11.0 Å². The van der Waals surface area contributed by atoms with Crippen molar-refractivity contribution in [2.45, 2.75) is 6.42 Å². The third-order valence-corrected chi connectivity index (χ3v) is 3.61. The molecular formula is C11H12BrN3O3. The molecule has 0 saturated carbocycles. The van der Waals surface area contributed by atoms with Crippen LogP contribution in [0.3, 0.4) is 0 Å². The zero-order chi connectivity index (χ0) is 13.3. The van der Waals surface area contributed by atoms with Gasteiger partial charge in [-0.15, -0.1) is 0 Å². The number of carbonyl (C=O) groups is 1. The van der Waals surface area contributed by atoms with Crippen LogP contribution in [-0.2, 0) is 4.79 Å². The molecule has 1 aliphatic heterocycles. The van der Waals surface area contributed by atoms with Crippen LogP contribution in [0.4, 0.5) is 11.4 Å². The molecule has 0 aliphatic carbocycles. The molecule has 0 radical (unpaired) electrons. The topological polar surface area (TPSA) is 89.5 Å². The third kappa shape index (κ3) is 2.23. The van der Waals surface area contributed by atoms with Crippen LogP contribution in [0.2, 0.25) is 0 Å². The molecule has 2 rings (SSSR count). The standard InChI is InChI=1S/C11H12BrN3O3/c12-8-2-1-3-9(15(17)18)11(8)14-6-7(5-13)4-10(14)16/h1-3,7H,4-6,13H2. The summed E-state index contributed by atoms with van der Waals surface area (Å²) in [5, 5.41) is 11.0. The Kier molecular flexibility index (Phi) is 3.63. The van der Waals surface area contributed by atoms with Crippen LogP contribution >= 0.6 is 15.9 Å². The molecule has 6 nitrogen and oxygen atoms in total. The Balaban J connectivity index is 2.45. The second kappa shape index (κ2) is 5.03. The first-order chi connectivity index (χ1) is 8.54. The molecule has 1 aromatic carbocycles. The van der Waals surface area contributed by atoms with E-state index in [2.05, 4.69) is 15.9 Å². The Hall–Kier alpha value is -1.47. The summed E-state index contributed by atoms with van der Waals surface area (Å²) in [4.78, 5) is 23.9. The molecule has 2 N–H and O–H groups in total. The number of amides is 1. The predicted octanol–water partition coefficient (Wildman–Crippen LogP) is 1.67. The van der Waals surface area contributed by atoms with Crippen molar-refractivity contribution in [3.8, 4) is 0 Å². The number of carbonyl (C=O) groups excluding carboxylic acids is 1. The van der Waals surface area contributed by atoms with Crippen LogP contribution in [-0.4, -0.2) is 23.9 Å². The van der Waals surface area contributed by atoms with Gasteiger partial charge in [0.1, 0.15) is 5.69 Å². The first kappa shape index (κ1) is 13.0. The fourth-order valence-electron chi connectivity index (χ4n) is 2.07. The smallest absolute Gasteiger partial charge is 0.294 e. The number of anilines is 1. The van der Waals surface area contributed by atoms with Gasteiger partial charge in [-0.2, -0.15) is 0 Å². The normalized spacial score (nSPS) is 19.3. The first-order valence-electron chi connectivity index (χ1n) is 5.48. The van der Waals surface area contributed by atoms with Crippen molar-refractivity contribution in [3.05, 3.63) is 32.8 Å². The number of rotatable bonds is 3. The van der Waals surface area contributed by atoms with Crippen molar-refractivity contribution >= 4 is 33.2 Å². The van der Waals surface area contributed by atoms with E-state index >= 15 is 0 Å². The number of nitro groups is 1.